The molecule has 0 aliphatic carbocycles. The minimum Gasteiger partial charge on any atom is -0.449 e. The van der Waals surface area contributed by atoms with Gasteiger partial charge in [-0.05, 0) is 12.1 Å². The fourth-order valence-corrected chi connectivity index (χ4v) is 3.05. The highest BCUT2D eigenvalue weighted by molar-refractivity contribution is 7.91. The van der Waals surface area contributed by atoms with E-state index in [1.807, 2.05) is 0 Å². The normalized spacial score (nSPS) is 14.1. The van der Waals surface area contributed by atoms with Crippen molar-refractivity contribution in [2.24, 2.45) is 5.73 Å². The van der Waals surface area contributed by atoms with Crippen LogP contribution in [0.4, 0.5) is 4.79 Å². The molecule has 8 nitrogen and oxygen atoms in total. The number of fused-ring (bicyclic) bond motifs is 1. The number of imide groups is 1. The van der Waals surface area contributed by atoms with Gasteiger partial charge in [0, 0.05) is 6.54 Å². The number of amides is 3. The Morgan fingerprint density at radius 1 is 1.09 bits per heavy atom. The number of rotatable bonds is 6. The van der Waals surface area contributed by atoms with Crippen molar-refractivity contribution in [1.82, 2.24) is 4.90 Å². The summed E-state index contributed by atoms with van der Waals surface area (Å²) in [5.74, 6) is -1.84. The second-order valence-electron chi connectivity index (χ2n) is 4.63. The van der Waals surface area contributed by atoms with E-state index in [2.05, 4.69) is 4.74 Å². The molecule has 0 unspecified atom stereocenters. The van der Waals surface area contributed by atoms with Crippen LogP contribution in [0.15, 0.2) is 24.3 Å². The largest absolute Gasteiger partial charge is 0.449 e. The van der Waals surface area contributed by atoms with Gasteiger partial charge in [0.25, 0.3) is 11.8 Å². The second-order valence-corrected chi connectivity index (χ2v) is 6.93. The molecule has 0 atom stereocenters. The van der Waals surface area contributed by atoms with Gasteiger partial charge < -0.3 is 10.5 Å². The van der Waals surface area contributed by atoms with E-state index in [0.29, 0.717) is 0 Å². The van der Waals surface area contributed by atoms with Gasteiger partial charge in [0.2, 0.25) is 0 Å². The smallest absolute Gasteiger partial charge is 0.404 e. The Morgan fingerprint density at radius 2 is 1.64 bits per heavy atom. The zero-order valence-electron chi connectivity index (χ0n) is 11.5. The Kier molecular flexibility index (Phi) is 4.45. The summed E-state index contributed by atoms with van der Waals surface area (Å²) < 4.78 is 27.9. The van der Waals surface area contributed by atoms with E-state index < -0.39 is 39.3 Å². The number of carbonyl (C=O) groups excluding carboxylic acids is 3. The molecule has 0 bridgehead atoms. The van der Waals surface area contributed by atoms with Crippen LogP contribution in [0.3, 0.4) is 0 Å². The highest BCUT2D eigenvalue weighted by atomic mass is 32.2. The number of nitrogens with two attached hydrogens (primary N) is 1. The zero-order chi connectivity index (χ0) is 16.3. The molecular weight excluding hydrogens is 312 g/mol. The van der Waals surface area contributed by atoms with Gasteiger partial charge in [0.05, 0.1) is 22.6 Å². The van der Waals surface area contributed by atoms with Crippen molar-refractivity contribution in [3.05, 3.63) is 35.4 Å². The first-order valence-electron chi connectivity index (χ1n) is 6.40. The molecule has 0 aromatic heterocycles. The van der Waals surface area contributed by atoms with E-state index >= 15 is 0 Å². The van der Waals surface area contributed by atoms with Gasteiger partial charge in [-0.1, -0.05) is 12.1 Å². The van der Waals surface area contributed by atoms with Gasteiger partial charge in [-0.25, -0.2) is 13.2 Å². The van der Waals surface area contributed by atoms with Crippen molar-refractivity contribution in [2.45, 2.75) is 0 Å². The number of sulfone groups is 1. The fourth-order valence-electron chi connectivity index (χ4n) is 2.04. The van der Waals surface area contributed by atoms with E-state index in [-0.39, 0.29) is 24.3 Å². The van der Waals surface area contributed by atoms with Crippen molar-refractivity contribution in [1.29, 1.82) is 0 Å². The summed E-state index contributed by atoms with van der Waals surface area (Å²) in [6, 6.07) is 6.30. The third-order valence-corrected chi connectivity index (χ3v) is 4.74. The Balaban J connectivity index is 1.97. The van der Waals surface area contributed by atoms with Crippen LogP contribution in [0.2, 0.25) is 0 Å². The molecule has 1 heterocycles. The molecule has 1 aliphatic heterocycles. The molecule has 0 saturated carbocycles. The Bertz CT molecular complexity index is 693. The lowest BCUT2D eigenvalue weighted by Crippen LogP contribution is -2.35. The van der Waals surface area contributed by atoms with E-state index in [1.165, 1.54) is 12.1 Å². The maximum Gasteiger partial charge on any atom is 0.404 e. The maximum atomic E-state index is 12.1. The van der Waals surface area contributed by atoms with Crippen LogP contribution in [-0.4, -0.2) is 55.9 Å². The lowest BCUT2D eigenvalue weighted by molar-refractivity contribution is 0.0664. The molecule has 3 amide bonds. The number of hydrogen-bond donors (Lipinski definition) is 1. The van der Waals surface area contributed by atoms with Crippen LogP contribution in [0.25, 0.3) is 0 Å². The van der Waals surface area contributed by atoms with Gasteiger partial charge in [-0.15, -0.1) is 0 Å². The SMILES string of the molecule is NC(=O)OCCS(=O)(=O)CCN1C(=O)c2ccccc2C1=O. The number of ether oxygens (including phenoxy) is 1. The highest BCUT2D eigenvalue weighted by Crippen LogP contribution is 2.22. The Hall–Kier alpha value is -2.42. The number of primary amides is 1. The average molecular weight is 326 g/mol. The van der Waals surface area contributed by atoms with Crippen molar-refractivity contribution >= 4 is 27.7 Å². The summed E-state index contributed by atoms with van der Waals surface area (Å²) in [4.78, 5) is 35.4. The third-order valence-electron chi connectivity index (χ3n) is 3.14. The monoisotopic (exact) mass is 326 g/mol. The van der Waals surface area contributed by atoms with Gasteiger partial charge in [-0.3, -0.25) is 14.5 Å². The lowest BCUT2D eigenvalue weighted by Gasteiger charge is -2.13. The minimum atomic E-state index is -3.58. The number of carbonyl (C=O) groups is 3. The first-order chi connectivity index (χ1) is 10.3. The predicted molar refractivity (Wildman–Crippen MR) is 76.0 cm³/mol. The van der Waals surface area contributed by atoms with Crippen molar-refractivity contribution in [2.75, 3.05) is 24.7 Å². The van der Waals surface area contributed by atoms with Gasteiger partial charge in [-0.2, -0.15) is 0 Å². The molecule has 2 rings (SSSR count). The first kappa shape index (κ1) is 16.0. The van der Waals surface area contributed by atoms with Crippen molar-refractivity contribution in [3.63, 3.8) is 0 Å². The molecule has 9 heteroatoms. The topological polar surface area (TPSA) is 124 Å². The van der Waals surface area contributed by atoms with Crippen LogP contribution >= 0.6 is 0 Å². The standard InChI is InChI=1S/C13H14N2O6S/c14-13(18)21-6-8-22(19,20)7-5-15-11(16)9-3-1-2-4-10(9)12(15)17/h1-4H,5-8H2,(H2,14,18). The van der Waals surface area contributed by atoms with Gasteiger partial charge in [0.1, 0.15) is 6.61 Å². The molecule has 2 N–H and O–H groups in total. The van der Waals surface area contributed by atoms with Gasteiger partial charge >= 0.3 is 6.09 Å². The summed E-state index contributed by atoms with van der Waals surface area (Å²) >= 11 is 0. The molecule has 1 aromatic carbocycles. The molecule has 1 aliphatic rings. The quantitative estimate of drug-likeness (QED) is 0.722. The molecule has 0 spiro atoms. The summed E-state index contributed by atoms with van der Waals surface area (Å²) in [7, 11) is -3.58. The fraction of sp³-hybridized carbons (Fsp3) is 0.308. The highest BCUT2D eigenvalue weighted by Gasteiger charge is 2.35. The van der Waals surface area contributed by atoms with E-state index in [4.69, 9.17) is 5.73 Å². The molecule has 0 fully saturated rings. The zero-order valence-corrected chi connectivity index (χ0v) is 12.3. The lowest BCUT2D eigenvalue weighted by atomic mass is 10.1. The number of nitrogens with zero attached hydrogens (tertiary/aromatic N) is 1. The van der Waals surface area contributed by atoms with E-state index in [1.54, 1.807) is 12.1 Å². The minimum absolute atomic E-state index is 0.245. The molecule has 1 aromatic rings. The predicted octanol–water partition coefficient (Wildman–Crippen LogP) is -0.207. The van der Waals surface area contributed by atoms with Crippen molar-refractivity contribution in [3.8, 4) is 0 Å². The van der Waals surface area contributed by atoms with Crippen LogP contribution in [0, 0.1) is 0 Å². The van der Waals surface area contributed by atoms with Crippen LogP contribution in [0.1, 0.15) is 20.7 Å². The van der Waals surface area contributed by atoms with Crippen LogP contribution in [0.5, 0.6) is 0 Å². The number of hydrogen-bond acceptors (Lipinski definition) is 6. The summed E-state index contributed by atoms with van der Waals surface area (Å²) in [5, 5.41) is 0. The molecule has 0 saturated heterocycles. The first-order valence-corrected chi connectivity index (χ1v) is 8.22. The van der Waals surface area contributed by atoms with E-state index in [0.717, 1.165) is 4.90 Å². The van der Waals surface area contributed by atoms with Crippen LogP contribution in [-0.2, 0) is 14.6 Å². The Labute approximate surface area is 126 Å². The molecule has 118 valence electrons. The third kappa shape index (κ3) is 3.42. The second kappa shape index (κ2) is 6.14. The maximum absolute atomic E-state index is 12.1. The molecule has 0 radical (unpaired) electrons. The Morgan fingerprint density at radius 3 is 2.14 bits per heavy atom. The van der Waals surface area contributed by atoms with E-state index in [9.17, 15) is 22.8 Å². The molecular formula is C13H14N2O6S. The average Bonchev–Trinajstić information content (AvgIpc) is 2.69. The molecule has 22 heavy (non-hydrogen) atoms. The van der Waals surface area contributed by atoms with Gasteiger partial charge in [0.15, 0.2) is 9.84 Å². The van der Waals surface area contributed by atoms with Crippen molar-refractivity contribution < 1.29 is 27.5 Å². The summed E-state index contributed by atoms with van der Waals surface area (Å²) in [6.45, 7) is -0.606. The summed E-state index contributed by atoms with van der Waals surface area (Å²) in [6.07, 6.45) is -1.06. The van der Waals surface area contributed by atoms with Crippen LogP contribution < -0.4 is 5.73 Å². The summed E-state index contributed by atoms with van der Waals surface area (Å²) in [5.41, 5.74) is 5.26. The number of benzene rings is 1.